The van der Waals surface area contributed by atoms with Crippen molar-refractivity contribution in [2.45, 2.75) is 6.42 Å². The van der Waals surface area contributed by atoms with Crippen molar-refractivity contribution in [2.75, 3.05) is 6.26 Å². The molecule has 0 heterocycles. The van der Waals surface area contributed by atoms with Crippen LogP contribution in [0.4, 0.5) is 0 Å². The van der Waals surface area contributed by atoms with Crippen LogP contribution in [0.5, 0.6) is 0 Å². The predicted molar refractivity (Wildman–Crippen MR) is 60.5 cm³/mol. The van der Waals surface area contributed by atoms with E-state index in [9.17, 15) is 0 Å². The van der Waals surface area contributed by atoms with E-state index in [0.717, 1.165) is 5.56 Å². The highest BCUT2D eigenvalue weighted by atomic mass is 32.2. The second-order valence-electron chi connectivity index (χ2n) is 2.82. The van der Waals surface area contributed by atoms with Gasteiger partial charge in [-0.3, -0.25) is 0 Å². The van der Waals surface area contributed by atoms with Gasteiger partial charge in [-0.05, 0) is 11.8 Å². The third-order valence-electron chi connectivity index (χ3n) is 1.88. The normalized spacial score (nSPS) is 11.7. The van der Waals surface area contributed by atoms with Gasteiger partial charge >= 0.3 is 0 Å². The number of hydrogen-bond acceptors (Lipinski definition) is 3. The number of nitrogens with two attached hydrogens (primary N) is 1. The number of hydrogen-bond donors (Lipinski definition) is 1. The van der Waals surface area contributed by atoms with Crippen LogP contribution < -0.4 is 5.73 Å². The van der Waals surface area contributed by atoms with Gasteiger partial charge in [0.05, 0.1) is 16.7 Å². The van der Waals surface area contributed by atoms with E-state index in [2.05, 4.69) is 6.07 Å². The first-order valence-corrected chi connectivity index (χ1v) is 5.47. The molecule has 1 rings (SSSR count). The zero-order chi connectivity index (χ0) is 10.4. The van der Waals surface area contributed by atoms with E-state index in [1.165, 1.54) is 11.8 Å². The summed E-state index contributed by atoms with van der Waals surface area (Å²) in [6, 6.07) is 12.0. The van der Waals surface area contributed by atoms with Gasteiger partial charge in [0.25, 0.3) is 0 Å². The Bertz CT molecular complexity index is 363. The number of allylic oxidation sites excluding steroid dienone is 1. The van der Waals surface area contributed by atoms with Gasteiger partial charge in [-0.15, -0.1) is 11.8 Å². The SMILES string of the molecule is CS/C(N)=C(\C#N)Cc1ccccc1. The molecule has 0 aromatic heterocycles. The van der Waals surface area contributed by atoms with Crippen LogP contribution >= 0.6 is 11.8 Å². The average Bonchev–Trinajstić information content (AvgIpc) is 2.26. The number of thioether (sulfide) groups is 1. The average molecular weight is 204 g/mol. The van der Waals surface area contributed by atoms with E-state index in [1.54, 1.807) is 0 Å². The fraction of sp³-hybridized carbons (Fsp3) is 0.182. The summed E-state index contributed by atoms with van der Waals surface area (Å²) in [7, 11) is 0. The molecule has 0 aliphatic heterocycles. The molecule has 0 aliphatic rings. The van der Waals surface area contributed by atoms with Crippen LogP contribution in [-0.4, -0.2) is 6.26 Å². The molecule has 14 heavy (non-hydrogen) atoms. The summed E-state index contributed by atoms with van der Waals surface area (Å²) < 4.78 is 0. The van der Waals surface area contributed by atoms with Crippen LogP contribution in [0.2, 0.25) is 0 Å². The monoisotopic (exact) mass is 204 g/mol. The fourth-order valence-electron chi connectivity index (χ4n) is 1.10. The maximum Gasteiger partial charge on any atom is 0.0978 e. The van der Waals surface area contributed by atoms with E-state index in [4.69, 9.17) is 11.0 Å². The topological polar surface area (TPSA) is 49.8 Å². The van der Waals surface area contributed by atoms with Crippen molar-refractivity contribution in [2.24, 2.45) is 5.73 Å². The van der Waals surface area contributed by atoms with Crippen molar-refractivity contribution in [3.05, 3.63) is 46.5 Å². The summed E-state index contributed by atoms with van der Waals surface area (Å²) in [5.74, 6) is 0. The molecule has 0 saturated heterocycles. The van der Waals surface area contributed by atoms with Gasteiger partial charge in [-0.2, -0.15) is 5.26 Å². The van der Waals surface area contributed by atoms with Crippen LogP contribution in [0.1, 0.15) is 5.56 Å². The first kappa shape index (κ1) is 10.7. The Hall–Kier alpha value is -1.40. The quantitative estimate of drug-likeness (QED) is 0.768. The van der Waals surface area contributed by atoms with Gasteiger partial charge in [0.15, 0.2) is 0 Å². The Balaban J connectivity index is 2.84. The zero-order valence-electron chi connectivity index (χ0n) is 8.03. The second-order valence-corrected chi connectivity index (χ2v) is 3.67. The second kappa shape index (κ2) is 5.36. The number of nitriles is 1. The van der Waals surface area contributed by atoms with Gasteiger partial charge < -0.3 is 5.73 Å². The molecule has 0 unspecified atom stereocenters. The van der Waals surface area contributed by atoms with Gasteiger partial charge in [0, 0.05) is 6.42 Å². The molecule has 2 N–H and O–H groups in total. The van der Waals surface area contributed by atoms with Gasteiger partial charge in [0.1, 0.15) is 0 Å². The predicted octanol–water partition coefficient (Wildman–Crippen LogP) is 2.29. The minimum absolute atomic E-state index is 0.608. The van der Waals surface area contributed by atoms with Crippen LogP contribution in [0.15, 0.2) is 40.9 Å². The standard InChI is InChI=1S/C11H12N2S/c1-14-11(13)10(8-12)7-9-5-3-2-4-6-9/h2-6H,7,13H2,1H3/b11-10-. The Morgan fingerprint density at radius 2 is 2.07 bits per heavy atom. The molecule has 3 heteroatoms. The maximum absolute atomic E-state index is 8.89. The summed E-state index contributed by atoms with van der Waals surface area (Å²) in [6.07, 6.45) is 2.49. The fourth-order valence-corrected chi connectivity index (χ4v) is 1.47. The Morgan fingerprint density at radius 1 is 1.43 bits per heavy atom. The van der Waals surface area contributed by atoms with Crippen LogP contribution in [0.3, 0.4) is 0 Å². The molecular weight excluding hydrogens is 192 g/mol. The van der Waals surface area contributed by atoms with E-state index in [0.29, 0.717) is 17.0 Å². The van der Waals surface area contributed by atoms with E-state index in [-0.39, 0.29) is 0 Å². The largest absolute Gasteiger partial charge is 0.393 e. The molecule has 0 amide bonds. The number of benzene rings is 1. The molecule has 72 valence electrons. The van der Waals surface area contributed by atoms with Crippen LogP contribution in [0, 0.1) is 11.3 Å². The van der Waals surface area contributed by atoms with Crippen LogP contribution in [0.25, 0.3) is 0 Å². The maximum atomic E-state index is 8.89. The summed E-state index contributed by atoms with van der Waals surface area (Å²) in [5.41, 5.74) is 7.45. The van der Waals surface area contributed by atoms with Crippen molar-refractivity contribution < 1.29 is 0 Å². The van der Waals surface area contributed by atoms with E-state index in [1.807, 2.05) is 36.6 Å². The minimum atomic E-state index is 0.608. The van der Waals surface area contributed by atoms with Gasteiger partial charge in [-0.1, -0.05) is 30.3 Å². The lowest BCUT2D eigenvalue weighted by molar-refractivity contribution is 1.17. The molecule has 1 aromatic carbocycles. The van der Waals surface area contributed by atoms with Crippen LogP contribution in [-0.2, 0) is 6.42 Å². The zero-order valence-corrected chi connectivity index (χ0v) is 8.84. The van der Waals surface area contributed by atoms with Gasteiger partial charge in [-0.25, -0.2) is 0 Å². The summed E-state index contributed by atoms with van der Waals surface area (Å²) in [5, 5.41) is 9.50. The van der Waals surface area contributed by atoms with E-state index < -0.39 is 0 Å². The molecule has 0 fully saturated rings. The first-order chi connectivity index (χ1) is 6.77. The Morgan fingerprint density at radius 3 is 2.57 bits per heavy atom. The molecule has 0 atom stereocenters. The lowest BCUT2D eigenvalue weighted by atomic mass is 10.1. The van der Waals surface area contributed by atoms with Gasteiger partial charge in [0.2, 0.25) is 0 Å². The molecule has 2 nitrogen and oxygen atoms in total. The summed E-state index contributed by atoms with van der Waals surface area (Å²) in [4.78, 5) is 0. The molecule has 0 saturated carbocycles. The summed E-state index contributed by atoms with van der Waals surface area (Å²) >= 11 is 1.41. The van der Waals surface area contributed by atoms with Crippen molar-refractivity contribution in [3.63, 3.8) is 0 Å². The lowest BCUT2D eigenvalue weighted by Gasteiger charge is -2.02. The number of nitrogens with zero attached hydrogens (tertiary/aromatic N) is 1. The van der Waals surface area contributed by atoms with Crippen molar-refractivity contribution in [1.82, 2.24) is 0 Å². The Kier molecular flexibility index (Phi) is 4.09. The molecule has 0 radical (unpaired) electrons. The third-order valence-corrected chi connectivity index (χ3v) is 2.56. The third kappa shape index (κ3) is 2.82. The Labute approximate surface area is 88.4 Å². The number of rotatable bonds is 3. The molecule has 0 bridgehead atoms. The minimum Gasteiger partial charge on any atom is -0.393 e. The van der Waals surface area contributed by atoms with Crippen molar-refractivity contribution in [1.29, 1.82) is 5.26 Å². The highest BCUT2D eigenvalue weighted by molar-refractivity contribution is 8.02. The molecule has 1 aromatic rings. The molecular formula is C11H12N2S. The molecule has 0 spiro atoms. The lowest BCUT2D eigenvalue weighted by Crippen LogP contribution is -1.99. The first-order valence-electron chi connectivity index (χ1n) is 4.24. The van der Waals surface area contributed by atoms with E-state index >= 15 is 0 Å². The smallest absolute Gasteiger partial charge is 0.0978 e. The van der Waals surface area contributed by atoms with Crippen molar-refractivity contribution in [3.8, 4) is 6.07 Å². The highest BCUT2D eigenvalue weighted by Crippen LogP contribution is 2.14. The van der Waals surface area contributed by atoms with Crippen molar-refractivity contribution >= 4 is 11.8 Å². The summed E-state index contributed by atoms with van der Waals surface area (Å²) in [6.45, 7) is 0. The highest BCUT2D eigenvalue weighted by Gasteiger charge is 2.02. The molecule has 0 aliphatic carbocycles.